The number of rotatable bonds is 5. The molecule has 1 saturated carbocycles. The smallest absolute Gasteiger partial charge is 0.123 e. The maximum absolute atomic E-state index is 15.2. The van der Waals surface area contributed by atoms with Crippen molar-refractivity contribution in [1.82, 2.24) is 4.98 Å². The summed E-state index contributed by atoms with van der Waals surface area (Å²) >= 11 is 0. The van der Waals surface area contributed by atoms with Crippen molar-refractivity contribution in [3.05, 3.63) is 89.8 Å². The van der Waals surface area contributed by atoms with Crippen molar-refractivity contribution in [3.63, 3.8) is 0 Å². The highest BCUT2D eigenvalue weighted by Gasteiger charge is 2.37. The second-order valence-corrected chi connectivity index (χ2v) is 8.27. The number of hydrogen-bond acceptors (Lipinski definition) is 3. The summed E-state index contributed by atoms with van der Waals surface area (Å²) in [4.78, 5) is 4.73. The van der Waals surface area contributed by atoms with Gasteiger partial charge in [-0.1, -0.05) is 56.0 Å². The minimum absolute atomic E-state index is 0.102. The number of hydrogen-bond donors (Lipinski definition) is 2. The van der Waals surface area contributed by atoms with Crippen molar-refractivity contribution >= 4 is 11.3 Å². The number of pyridine rings is 1. The zero-order chi connectivity index (χ0) is 21.3. The minimum atomic E-state index is -0.102. The number of benzene rings is 1. The predicted octanol–water partition coefficient (Wildman–Crippen LogP) is 6.51. The Balaban J connectivity index is 1.82. The van der Waals surface area contributed by atoms with Crippen LogP contribution in [0.1, 0.15) is 37.4 Å². The van der Waals surface area contributed by atoms with Crippen LogP contribution in [0.15, 0.2) is 78.6 Å². The van der Waals surface area contributed by atoms with Gasteiger partial charge in [0.25, 0.3) is 0 Å². The van der Waals surface area contributed by atoms with E-state index in [4.69, 9.17) is 10.7 Å². The Morgan fingerprint density at radius 2 is 2.00 bits per heavy atom. The molecule has 3 nitrogen and oxygen atoms in total. The summed E-state index contributed by atoms with van der Waals surface area (Å²) < 4.78 is 15.2. The highest BCUT2D eigenvalue weighted by Crippen LogP contribution is 2.47. The molecule has 0 spiro atoms. The Labute approximate surface area is 177 Å². The number of nitrogens with zero attached hydrogens (tertiary/aromatic N) is 1. The zero-order valence-electron chi connectivity index (χ0n) is 17.6. The van der Waals surface area contributed by atoms with E-state index in [9.17, 15) is 0 Å². The van der Waals surface area contributed by atoms with Crippen molar-refractivity contribution in [3.8, 4) is 11.1 Å². The van der Waals surface area contributed by atoms with Crippen molar-refractivity contribution in [2.45, 2.75) is 33.1 Å². The molecule has 154 valence electrons. The number of nitrogens with one attached hydrogen (secondary N) is 1. The topological polar surface area (TPSA) is 50.9 Å². The molecule has 0 saturated heterocycles. The van der Waals surface area contributed by atoms with E-state index in [-0.39, 0.29) is 5.83 Å². The molecule has 0 amide bonds. The van der Waals surface area contributed by atoms with Gasteiger partial charge in [0, 0.05) is 17.3 Å². The largest absolute Gasteiger partial charge is 0.386 e. The highest BCUT2D eigenvalue weighted by atomic mass is 19.1. The lowest BCUT2D eigenvalue weighted by Crippen LogP contribution is -2.11. The molecule has 1 fully saturated rings. The van der Waals surface area contributed by atoms with E-state index >= 15 is 4.39 Å². The summed E-state index contributed by atoms with van der Waals surface area (Å²) in [7, 11) is 0. The van der Waals surface area contributed by atoms with Gasteiger partial charge in [0.1, 0.15) is 5.83 Å². The van der Waals surface area contributed by atoms with Crippen LogP contribution < -0.4 is 11.1 Å². The molecule has 1 aromatic carbocycles. The van der Waals surface area contributed by atoms with Gasteiger partial charge in [0.2, 0.25) is 0 Å². The number of halogens is 1. The molecule has 2 aliphatic carbocycles. The fraction of sp³-hybridized carbons (Fsp3) is 0.269. The molecule has 0 bridgehead atoms. The quantitative estimate of drug-likeness (QED) is 0.600. The fourth-order valence-electron chi connectivity index (χ4n) is 4.22. The summed E-state index contributed by atoms with van der Waals surface area (Å²) in [5.41, 5.74) is 12.1. The summed E-state index contributed by atoms with van der Waals surface area (Å²) in [6.07, 6.45) is 10.3. The molecule has 4 heteroatoms. The monoisotopic (exact) mass is 401 g/mol. The summed E-state index contributed by atoms with van der Waals surface area (Å²) in [5.74, 6) is 1.23. The van der Waals surface area contributed by atoms with Gasteiger partial charge in [0.15, 0.2) is 0 Å². The molecule has 0 aliphatic heterocycles. The van der Waals surface area contributed by atoms with Crippen molar-refractivity contribution in [1.29, 1.82) is 0 Å². The summed E-state index contributed by atoms with van der Waals surface area (Å²) in [6.45, 7) is 7.98. The van der Waals surface area contributed by atoms with Gasteiger partial charge in [0.05, 0.1) is 17.2 Å². The number of aromatic nitrogens is 1. The van der Waals surface area contributed by atoms with E-state index < -0.39 is 0 Å². The second-order valence-electron chi connectivity index (χ2n) is 8.27. The van der Waals surface area contributed by atoms with Gasteiger partial charge < -0.3 is 11.1 Å². The van der Waals surface area contributed by atoms with Crippen molar-refractivity contribution < 1.29 is 4.39 Å². The fourth-order valence-corrected chi connectivity index (χ4v) is 4.22. The van der Waals surface area contributed by atoms with Gasteiger partial charge in [-0.2, -0.15) is 0 Å². The molecule has 3 N–H and O–H groups in total. The lowest BCUT2D eigenvalue weighted by Gasteiger charge is -2.18. The Morgan fingerprint density at radius 1 is 1.27 bits per heavy atom. The average Bonchev–Trinajstić information content (AvgIpc) is 3.43. The molecule has 4 rings (SSSR count). The van der Waals surface area contributed by atoms with E-state index in [1.807, 2.05) is 49.5 Å². The molecule has 2 unspecified atom stereocenters. The van der Waals surface area contributed by atoms with Crippen LogP contribution in [0.3, 0.4) is 0 Å². The molecule has 30 heavy (non-hydrogen) atoms. The first-order valence-corrected chi connectivity index (χ1v) is 10.5. The second kappa shape index (κ2) is 8.31. The van der Waals surface area contributed by atoms with Crippen LogP contribution in [-0.2, 0) is 0 Å². The first-order valence-electron chi connectivity index (χ1n) is 10.5. The first-order chi connectivity index (χ1) is 14.5. The van der Waals surface area contributed by atoms with E-state index in [1.165, 1.54) is 0 Å². The van der Waals surface area contributed by atoms with Crippen LogP contribution >= 0.6 is 0 Å². The average molecular weight is 402 g/mol. The molecule has 0 radical (unpaired) electrons. The predicted molar refractivity (Wildman–Crippen MR) is 123 cm³/mol. The van der Waals surface area contributed by atoms with E-state index in [0.717, 1.165) is 58.5 Å². The Hall–Kier alpha value is -3.14. The van der Waals surface area contributed by atoms with Crippen LogP contribution in [-0.4, -0.2) is 4.98 Å². The molecule has 1 aromatic heterocycles. The molecule has 2 aliphatic rings. The van der Waals surface area contributed by atoms with Crippen LogP contribution in [0.4, 0.5) is 10.1 Å². The van der Waals surface area contributed by atoms with Crippen molar-refractivity contribution in [2.75, 3.05) is 5.32 Å². The van der Waals surface area contributed by atoms with Crippen LogP contribution in [0.25, 0.3) is 16.7 Å². The summed E-state index contributed by atoms with van der Waals surface area (Å²) in [6, 6.07) is 10.0. The number of nitrogens with two attached hydrogens (primary N) is 1. The number of allylic oxidation sites excluding steroid dienone is 6. The summed E-state index contributed by atoms with van der Waals surface area (Å²) in [5, 5.41) is 3.19. The first kappa shape index (κ1) is 20.1. The van der Waals surface area contributed by atoms with Gasteiger partial charge in [-0.25, -0.2) is 4.39 Å². The number of anilines is 1. The van der Waals surface area contributed by atoms with Crippen LogP contribution in [0.5, 0.6) is 0 Å². The minimum Gasteiger partial charge on any atom is -0.386 e. The Morgan fingerprint density at radius 3 is 2.67 bits per heavy atom. The lowest BCUT2D eigenvalue weighted by atomic mass is 9.95. The lowest BCUT2D eigenvalue weighted by molar-refractivity contribution is 0.621. The van der Waals surface area contributed by atoms with Gasteiger partial charge in [-0.05, 0) is 60.8 Å². The van der Waals surface area contributed by atoms with E-state index in [1.54, 1.807) is 6.08 Å². The molecule has 2 atom stereocenters. The van der Waals surface area contributed by atoms with E-state index in [2.05, 4.69) is 24.9 Å². The van der Waals surface area contributed by atoms with Gasteiger partial charge in [-0.3, -0.25) is 4.98 Å². The zero-order valence-corrected chi connectivity index (χ0v) is 17.6. The Bertz CT molecular complexity index is 1060. The standard InChI is InChI=1S/C26H28FN3/c1-16-13-22(16)21-12-8-7-11-20(14-24(21)27)25-17(2)26(30-18(3)28)23(15-29-25)19-9-5-4-6-10-19/h4-7,9-11,14-16,22H,3,8,12-13,28H2,1-2H3,(H,29,30). The molecule has 2 aromatic rings. The van der Waals surface area contributed by atoms with Crippen LogP contribution in [0, 0.1) is 18.8 Å². The highest BCUT2D eigenvalue weighted by molar-refractivity contribution is 5.86. The van der Waals surface area contributed by atoms with Gasteiger partial charge in [-0.15, -0.1) is 0 Å². The maximum atomic E-state index is 15.2. The third kappa shape index (κ3) is 4.09. The SMILES string of the molecule is C=C(N)Nc1c(-c2ccccc2)cnc(C2=CC(F)=C(C3CC3C)CCC=C2)c1C. The van der Waals surface area contributed by atoms with E-state index in [0.29, 0.717) is 17.7 Å². The van der Waals surface area contributed by atoms with Gasteiger partial charge >= 0.3 is 0 Å². The third-order valence-electron chi connectivity index (χ3n) is 5.99. The molecule has 1 heterocycles. The Kier molecular flexibility index (Phi) is 5.58. The molecular formula is C26H28FN3. The third-order valence-corrected chi connectivity index (χ3v) is 5.99. The van der Waals surface area contributed by atoms with Crippen LogP contribution in [0.2, 0.25) is 0 Å². The van der Waals surface area contributed by atoms with Crippen molar-refractivity contribution in [2.24, 2.45) is 17.6 Å². The molecular weight excluding hydrogens is 373 g/mol. The normalized spacial score (nSPS) is 21.0. The maximum Gasteiger partial charge on any atom is 0.123 e.